The summed E-state index contributed by atoms with van der Waals surface area (Å²) in [7, 11) is 1.57. The van der Waals surface area contributed by atoms with E-state index in [0.29, 0.717) is 17.1 Å². The zero-order chi connectivity index (χ0) is 20.4. The van der Waals surface area contributed by atoms with Gasteiger partial charge < -0.3 is 14.5 Å². The van der Waals surface area contributed by atoms with Gasteiger partial charge in [-0.05, 0) is 55.0 Å². The van der Waals surface area contributed by atoms with Gasteiger partial charge in [0.05, 0.1) is 7.11 Å². The van der Waals surface area contributed by atoms with Gasteiger partial charge in [0.2, 0.25) is 0 Å². The first-order valence-corrected chi connectivity index (χ1v) is 9.24. The molecule has 0 radical (unpaired) electrons. The molecule has 0 saturated carbocycles. The zero-order valence-electron chi connectivity index (χ0n) is 16.2. The molecule has 2 aromatic carbocycles. The number of hydrogen-bond acceptors (Lipinski definition) is 3. The molecule has 5 heteroatoms. The number of aryl methyl sites for hydroxylation is 1. The molecule has 0 unspecified atom stereocenters. The summed E-state index contributed by atoms with van der Waals surface area (Å²) < 4.78 is 6.96. The second-order valence-corrected chi connectivity index (χ2v) is 6.71. The lowest BCUT2D eigenvalue weighted by Gasteiger charge is -2.10. The van der Waals surface area contributed by atoms with Crippen LogP contribution in [0.3, 0.4) is 0 Å². The maximum absolute atomic E-state index is 13.2. The third kappa shape index (κ3) is 3.50. The lowest BCUT2D eigenvalue weighted by Crippen LogP contribution is -2.25. The Balaban J connectivity index is 1.77. The van der Waals surface area contributed by atoms with Crippen molar-refractivity contribution in [1.29, 1.82) is 0 Å². The largest absolute Gasteiger partial charge is 0.497 e. The highest BCUT2D eigenvalue weighted by molar-refractivity contribution is 6.47. The minimum absolute atomic E-state index is 0.357. The molecule has 0 spiro atoms. The average Bonchev–Trinajstić information content (AvgIpc) is 3.15. The molecule has 1 N–H and O–H groups in total. The Hall–Kier alpha value is -3.86. The molecule has 0 aliphatic carbocycles. The number of ether oxygens (including phenoxy) is 1. The van der Waals surface area contributed by atoms with Crippen molar-refractivity contribution in [3.8, 4) is 16.9 Å². The van der Waals surface area contributed by atoms with E-state index in [2.05, 4.69) is 5.32 Å². The lowest BCUT2D eigenvalue weighted by molar-refractivity contribution is -0.112. The normalized spacial score (nSPS) is 10.7. The molecular formula is C24H20N2O3. The van der Waals surface area contributed by atoms with E-state index >= 15 is 0 Å². The fourth-order valence-corrected chi connectivity index (χ4v) is 3.42. The van der Waals surface area contributed by atoms with Crippen LogP contribution < -0.4 is 10.1 Å². The number of fused-ring (bicyclic) bond motifs is 1. The van der Waals surface area contributed by atoms with Gasteiger partial charge in [-0.3, -0.25) is 9.59 Å². The van der Waals surface area contributed by atoms with Crippen molar-refractivity contribution in [2.75, 3.05) is 12.4 Å². The van der Waals surface area contributed by atoms with E-state index in [1.165, 1.54) is 0 Å². The zero-order valence-corrected chi connectivity index (χ0v) is 16.2. The maximum Gasteiger partial charge on any atom is 0.298 e. The Morgan fingerprint density at radius 3 is 2.31 bits per heavy atom. The van der Waals surface area contributed by atoms with Crippen LogP contribution >= 0.6 is 0 Å². The average molecular weight is 384 g/mol. The van der Waals surface area contributed by atoms with E-state index < -0.39 is 11.7 Å². The Morgan fingerprint density at radius 2 is 1.62 bits per heavy atom. The fraction of sp³-hybridized carbons (Fsp3) is 0.0833. The van der Waals surface area contributed by atoms with Crippen molar-refractivity contribution in [1.82, 2.24) is 4.40 Å². The number of carbonyl (C=O) groups is 2. The number of benzene rings is 2. The number of hydrogen-bond donors (Lipinski definition) is 1. The van der Waals surface area contributed by atoms with Crippen molar-refractivity contribution < 1.29 is 14.3 Å². The number of nitrogens with zero attached hydrogens (tertiary/aromatic N) is 1. The topological polar surface area (TPSA) is 59.8 Å². The first-order valence-electron chi connectivity index (χ1n) is 9.24. The molecule has 2 heterocycles. The van der Waals surface area contributed by atoms with Gasteiger partial charge in [-0.15, -0.1) is 0 Å². The molecule has 0 fully saturated rings. The molecule has 4 aromatic rings. The van der Waals surface area contributed by atoms with Crippen LogP contribution in [0.1, 0.15) is 16.2 Å². The number of aromatic nitrogens is 1. The molecule has 0 saturated heterocycles. The molecule has 5 nitrogen and oxygen atoms in total. The molecular weight excluding hydrogens is 364 g/mol. The molecule has 0 atom stereocenters. The van der Waals surface area contributed by atoms with E-state index in [1.807, 2.05) is 65.9 Å². The molecule has 0 aliphatic rings. The summed E-state index contributed by atoms with van der Waals surface area (Å²) in [5.74, 6) is -0.599. The highest BCUT2D eigenvalue weighted by Crippen LogP contribution is 2.29. The summed E-state index contributed by atoms with van der Waals surface area (Å²) in [5.41, 5.74) is 4.25. The molecule has 4 rings (SSSR count). The number of ketones is 1. The van der Waals surface area contributed by atoms with Gasteiger partial charge in [0.1, 0.15) is 11.4 Å². The summed E-state index contributed by atoms with van der Waals surface area (Å²) in [6.45, 7) is 1.92. The number of rotatable bonds is 5. The van der Waals surface area contributed by atoms with E-state index in [1.54, 1.807) is 31.4 Å². The molecule has 29 heavy (non-hydrogen) atoms. The SMILES string of the molecule is COc1ccc(NC(=O)C(=O)c2c(-c3ccccc3)cc3cccc(C)n23)cc1. The summed E-state index contributed by atoms with van der Waals surface area (Å²) >= 11 is 0. The smallest absolute Gasteiger partial charge is 0.298 e. The van der Waals surface area contributed by atoms with Gasteiger partial charge in [-0.2, -0.15) is 0 Å². The van der Waals surface area contributed by atoms with Crippen molar-refractivity contribution in [3.05, 3.63) is 90.3 Å². The minimum atomic E-state index is -0.685. The summed E-state index contributed by atoms with van der Waals surface area (Å²) in [6.07, 6.45) is 0. The van der Waals surface area contributed by atoms with Crippen molar-refractivity contribution >= 4 is 22.9 Å². The first-order chi connectivity index (χ1) is 14.1. The Bertz CT molecular complexity index is 1190. The van der Waals surface area contributed by atoms with Crippen LogP contribution in [0.25, 0.3) is 16.6 Å². The molecule has 2 aromatic heterocycles. The number of carbonyl (C=O) groups excluding carboxylic acids is 2. The third-order valence-electron chi connectivity index (χ3n) is 4.84. The Morgan fingerprint density at radius 1 is 0.897 bits per heavy atom. The number of amides is 1. The molecule has 144 valence electrons. The third-order valence-corrected chi connectivity index (χ3v) is 4.84. The van der Waals surface area contributed by atoms with Crippen molar-refractivity contribution in [2.24, 2.45) is 0 Å². The quantitative estimate of drug-likeness (QED) is 0.399. The Kier molecular flexibility index (Phi) is 4.87. The van der Waals surface area contributed by atoms with Gasteiger partial charge >= 0.3 is 0 Å². The summed E-state index contributed by atoms with van der Waals surface area (Å²) in [6, 6.07) is 24.2. The predicted octanol–water partition coefficient (Wildman–Crippen LogP) is 4.74. The number of anilines is 1. The number of nitrogens with one attached hydrogen (secondary N) is 1. The lowest BCUT2D eigenvalue weighted by atomic mass is 10.0. The summed E-state index contributed by atoms with van der Waals surface area (Å²) in [4.78, 5) is 26.0. The van der Waals surface area contributed by atoms with Crippen molar-refractivity contribution in [2.45, 2.75) is 6.92 Å². The van der Waals surface area contributed by atoms with E-state index in [-0.39, 0.29) is 0 Å². The maximum atomic E-state index is 13.2. The predicted molar refractivity (Wildman–Crippen MR) is 114 cm³/mol. The van der Waals surface area contributed by atoms with Crippen LogP contribution in [0.5, 0.6) is 5.75 Å². The monoisotopic (exact) mass is 384 g/mol. The highest BCUT2D eigenvalue weighted by atomic mass is 16.5. The second kappa shape index (κ2) is 7.64. The first kappa shape index (κ1) is 18.5. The Labute approximate surface area is 168 Å². The van der Waals surface area contributed by atoms with Crippen LogP contribution in [0.15, 0.2) is 78.9 Å². The number of methoxy groups -OCH3 is 1. The van der Waals surface area contributed by atoms with Gasteiger partial charge in [0.25, 0.3) is 11.7 Å². The fourth-order valence-electron chi connectivity index (χ4n) is 3.42. The van der Waals surface area contributed by atoms with E-state index in [0.717, 1.165) is 22.3 Å². The van der Waals surface area contributed by atoms with Crippen LogP contribution in [0.4, 0.5) is 5.69 Å². The second-order valence-electron chi connectivity index (χ2n) is 6.71. The molecule has 0 aliphatic heterocycles. The minimum Gasteiger partial charge on any atom is -0.497 e. The standard InChI is InChI=1S/C24H20N2O3/c1-16-7-6-10-19-15-21(17-8-4-3-5-9-17)22(26(16)19)23(27)24(28)25-18-11-13-20(29-2)14-12-18/h3-15H,1-2H3,(H,25,28). The van der Waals surface area contributed by atoms with E-state index in [4.69, 9.17) is 4.74 Å². The molecule has 1 amide bonds. The molecule has 0 bridgehead atoms. The van der Waals surface area contributed by atoms with Gasteiger partial charge in [-0.1, -0.05) is 36.4 Å². The summed E-state index contributed by atoms with van der Waals surface area (Å²) in [5, 5.41) is 2.69. The van der Waals surface area contributed by atoms with Crippen LogP contribution in [-0.4, -0.2) is 23.2 Å². The van der Waals surface area contributed by atoms with Crippen LogP contribution in [0, 0.1) is 6.92 Å². The van der Waals surface area contributed by atoms with E-state index in [9.17, 15) is 9.59 Å². The number of Topliss-reactive ketones (excluding diaryl/α,β-unsaturated/α-hetero) is 1. The highest BCUT2D eigenvalue weighted by Gasteiger charge is 2.25. The van der Waals surface area contributed by atoms with Crippen LogP contribution in [-0.2, 0) is 4.79 Å². The van der Waals surface area contributed by atoms with Crippen LogP contribution in [0.2, 0.25) is 0 Å². The van der Waals surface area contributed by atoms with Gasteiger partial charge in [0.15, 0.2) is 0 Å². The van der Waals surface area contributed by atoms with Gasteiger partial charge in [0, 0.05) is 22.5 Å². The van der Waals surface area contributed by atoms with Crippen molar-refractivity contribution in [3.63, 3.8) is 0 Å². The van der Waals surface area contributed by atoms with Gasteiger partial charge in [-0.25, -0.2) is 0 Å². The number of pyridine rings is 1.